The van der Waals surface area contributed by atoms with Crippen LogP contribution in [0.4, 0.5) is 0 Å². The Hall–Kier alpha value is -4.07. The molecule has 1 spiro atoms. The van der Waals surface area contributed by atoms with E-state index in [0.717, 1.165) is 18.4 Å². The maximum atomic E-state index is 14.4. The molecule has 450 valence electrons. The van der Waals surface area contributed by atoms with E-state index in [4.69, 9.17) is 61.6 Å². The summed E-state index contributed by atoms with van der Waals surface area (Å²) in [5, 5.41) is 0. The van der Waals surface area contributed by atoms with Crippen LogP contribution in [0.1, 0.15) is 85.5 Å². The minimum Gasteiger partial charge on any atom is -0.465 e. The lowest BCUT2D eigenvalue weighted by atomic mass is 9.58. The van der Waals surface area contributed by atoms with E-state index < -0.39 is 38.8 Å². The first-order chi connectivity index (χ1) is 38.6. The molecule has 0 N–H and O–H groups in total. The van der Waals surface area contributed by atoms with Gasteiger partial charge in [-0.2, -0.15) is 0 Å². The van der Waals surface area contributed by atoms with Gasteiger partial charge in [-0.1, -0.05) is 68.0 Å². The average molecular weight is 1120 g/mol. The first kappa shape index (κ1) is 66.7. The van der Waals surface area contributed by atoms with E-state index in [1.54, 1.807) is 42.5 Å². The van der Waals surface area contributed by atoms with Crippen LogP contribution < -0.4 is 0 Å². The van der Waals surface area contributed by atoms with Gasteiger partial charge >= 0.3 is 17.9 Å². The highest BCUT2D eigenvalue weighted by Crippen LogP contribution is 2.67. The molecule has 16 heteroatoms. The molecule has 16 nitrogen and oxygen atoms in total. The fourth-order valence-electron chi connectivity index (χ4n) is 12.4. The Kier molecular flexibility index (Phi) is 27.3. The largest absolute Gasteiger partial charge is 0.465 e. The SMILES string of the molecule is C=CCOCC(COCC=C)(COCC=C)COC(=O)C1CCC(C(C)(CC)C(=O)OCC2(COCC=C)COC/C=C3/CC(C4OC45C(C)CC5(C)OCC(COCC=C)(COCC=C)COCC=C)CCC3C(=O)OC2)CC1. The van der Waals surface area contributed by atoms with Gasteiger partial charge < -0.3 is 61.6 Å². The molecule has 1 saturated heterocycles. The lowest BCUT2D eigenvalue weighted by Gasteiger charge is -2.52. The van der Waals surface area contributed by atoms with Crippen LogP contribution >= 0.6 is 0 Å². The number of esters is 3. The number of carbonyl (C=O) groups excluding carboxylic acids is 3. The summed E-state index contributed by atoms with van der Waals surface area (Å²) < 4.78 is 80.3. The van der Waals surface area contributed by atoms with E-state index in [1.165, 1.54) is 0 Å². The van der Waals surface area contributed by atoms with Crippen LogP contribution in [-0.2, 0) is 76.0 Å². The van der Waals surface area contributed by atoms with Crippen LogP contribution in [0.5, 0.6) is 0 Å². The molecule has 8 unspecified atom stereocenters. The Morgan fingerprint density at radius 3 is 1.68 bits per heavy atom. The second-order valence-electron chi connectivity index (χ2n) is 23.6. The summed E-state index contributed by atoms with van der Waals surface area (Å²) in [5.74, 6) is -1.38. The van der Waals surface area contributed by atoms with Crippen molar-refractivity contribution in [3.05, 3.63) is 100 Å². The number of rotatable bonds is 40. The van der Waals surface area contributed by atoms with E-state index in [2.05, 4.69) is 59.9 Å². The number of ether oxygens (including phenoxy) is 13. The van der Waals surface area contributed by atoms with Crippen molar-refractivity contribution >= 4 is 17.9 Å². The van der Waals surface area contributed by atoms with Crippen LogP contribution in [0.2, 0.25) is 0 Å². The van der Waals surface area contributed by atoms with Crippen molar-refractivity contribution in [3.63, 3.8) is 0 Å². The molecule has 0 aromatic rings. The number of epoxide rings is 1. The first-order valence-electron chi connectivity index (χ1n) is 29.0. The van der Waals surface area contributed by atoms with Crippen LogP contribution in [0.3, 0.4) is 0 Å². The lowest BCUT2D eigenvalue weighted by Crippen LogP contribution is -2.63. The third-order valence-corrected chi connectivity index (χ3v) is 17.2. The molecule has 0 aromatic carbocycles. The maximum absolute atomic E-state index is 14.4. The smallest absolute Gasteiger partial charge is 0.313 e. The van der Waals surface area contributed by atoms with Gasteiger partial charge in [0.1, 0.15) is 25.4 Å². The van der Waals surface area contributed by atoms with E-state index >= 15 is 0 Å². The van der Waals surface area contributed by atoms with Gasteiger partial charge in [-0.05, 0) is 89.4 Å². The van der Waals surface area contributed by atoms with Crippen molar-refractivity contribution in [2.24, 2.45) is 51.2 Å². The van der Waals surface area contributed by atoms with Crippen LogP contribution in [0.25, 0.3) is 0 Å². The van der Waals surface area contributed by atoms with E-state index in [0.29, 0.717) is 111 Å². The monoisotopic (exact) mass is 1120 g/mol. The quantitative estimate of drug-likeness (QED) is 0.0186. The first-order valence-corrected chi connectivity index (χ1v) is 29.0. The number of carbonyl (C=O) groups is 3. The van der Waals surface area contributed by atoms with E-state index in [-0.39, 0.29) is 114 Å². The molecule has 4 fully saturated rings. The standard InChI is InChI=1S/C64H98O16/c1-12-27-68-37-61(38-69-28-13-2,39-70-29-14-3)45-76-56(65)50-20-23-53(24-21-50)59(10,19-8)58(67)78-47-63(43-74-33-18-7)44-75-34-26-51-35-52(22-25-54(51)57(66)77-46-63)55-64(80-55)49(9)36-60(64,11)79-48-62(40-71-30-15-4,41-72-31-16-5)42-73-32-17-6/h12-18,26,49-50,52-55H,1-7,19-25,27-48H2,8-11H3/b51-26-. The molecule has 0 amide bonds. The van der Waals surface area contributed by atoms with Gasteiger partial charge in [-0.25, -0.2) is 0 Å². The molecule has 8 atom stereocenters. The van der Waals surface area contributed by atoms with E-state index in [9.17, 15) is 14.4 Å². The predicted molar refractivity (Wildman–Crippen MR) is 307 cm³/mol. The Balaban J connectivity index is 1.20. The molecule has 5 aliphatic rings. The zero-order valence-corrected chi connectivity index (χ0v) is 49.1. The Labute approximate surface area is 478 Å². The molecule has 2 aliphatic heterocycles. The number of hydrogen-bond acceptors (Lipinski definition) is 16. The van der Waals surface area contributed by atoms with Crippen molar-refractivity contribution in [1.82, 2.24) is 0 Å². The van der Waals surface area contributed by atoms with Gasteiger partial charge in [0.05, 0.1) is 158 Å². The number of cyclic esters (lactones) is 1. The van der Waals surface area contributed by atoms with Crippen molar-refractivity contribution in [2.45, 2.75) is 103 Å². The summed E-state index contributed by atoms with van der Waals surface area (Å²) in [7, 11) is 0. The van der Waals surface area contributed by atoms with Crippen molar-refractivity contribution in [3.8, 4) is 0 Å². The fourth-order valence-corrected chi connectivity index (χ4v) is 12.4. The Bertz CT molecular complexity index is 1990. The second kappa shape index (κ2) is 32.7. The molecular weight excluding hydrogens is 1020 g/mol. The van der Waals surface area contributed by atoms with Gasteiger partial charge in [0.25, 0.3) is 0 Å². The van der Waals surface area contributed by atoms with Crippen LogP contribution in [0, 0.1) is 51.2 Å². The molecule has 2 heterocycles. The van der Waals surface area contributed by atoms with Crippen molar-refractivity contribution in [2.75, 3.05) is 132 Å². The predicted octanol–water partition coefficient (Wildman–Crippen LogP) is 9.54. The highest BCUT2D eigenvalue weighted by atomic mass is 16.7. The molecule has 3 saturated carbocycles. The summed E-state index contributed by atoms with van der Waals surface area (Å²) in [6.45, 7) is 39.6. The second-order valence-corrected chi connectivity index (χ2v) is 23.6. The number of hydrogen-bond donors (Lipinski definition) is 0. The lowest BCUT2D eigenvalue weighted by molar-refractivity contribution is -0.210. The van der Waals surface area contributed by atoms with Crippen LogP contribution in [-0.4, -0.2) is 167 Å². The van der Waals surface area contributed by atoms with Gasteiger partial charge in [-0.3, -0.25) is 14.4 Å². The molecule has 0 bridgehead atoms. The Morgan fingerprint density at radius 1 is 0.662 bits per heavy atom. The number of fused-ring (bicyclic) bond motifs is 1. The fraction of sp³-hybridized carbons (Fsp3) is 0.703. The van der Waals surface area contributed by atoms with Crippen molar-refractivity contribution in [1.29, 1.82) is 0 Å². The van der Waals surface area contributed by atoms with Gasteiger partial charge in [0.15, 0.2) is 0 Å². The minimum absolute atomic E-state index is 0.0386. The summed E-state index contributed by atoms with van der Waals surface area (Å²) in [6, 6.07) is 0. The van der Waals surface area contributed by atoms with Gasteiger partial charge in [0, 0.05) is 0 Å². The highest BCUT2D eigenvalue weighted by molar-refractivity contribution is 5.77. The molecule has 0 radical (unpaired) electrons. The molecular formula is C64H98O16. The third kappa shape index (κ3) is 17.5. The minimum atomic E-state index is -0.990. The summed E-state index contributed by atoms with van der Waals surface area (Å²) in [6.07, 6.45) is 19.5. The topological polar surface area (TPSA) is 174 Å². The average Bonchev–Trinajstić information content (AvgIpc) is 4.45. The third-order valence-electron chi connectivity index (χ3n) is 17.2. The molecule has 80 heavy (non-hydrogen) atoms. The molecule has 3 aliphatic carbocycles. The zero-order chi connectivity index (χ0) is 58.1. The summed E-state index contributed by atoms with van der Waals surface area (Å²) >= 11 is 0. The molecule has 0 aromatic heterocycles. The molecule has 5 rings (SSSR count). The maximum Gasteiger partial charge on any atom is 0.313 e. The van der Waals surface area contributed by atoms with Gasteiger partial charge in [0.2, 0.25) is 0 Å². The normalized spacial score (nSPS) is 29.2. The van der Waals surface area contributed by atoms with Gasteiger partial charge in [-0.15, -0.1) is 46.1 Å². The van der Waals surface area contributed by atoms with Crippen molar-refractivity contribution < 1.29 is 76.0 Å². The van der Waals surface area contributed by atoms with E-state index in [1.807, 2.05) is 19.9 Å². The summed E-state index contributed by atoms with van der Waals surface area (Å²) in [4.78, 5) is 42.3. The van der Waals surface area contributed by atoms with Crippen LogP contribution in [0.15, 0.2) is 100 Å². The highest BCUT2D eigenvalue weighted by Gasteiger charge is 2.79. The summed E-state index contributed by atoms with van der Waals surface area (Å²) in [5.41, 5.74) is -3.25. The Morgan fingerprint density at radius 2 is 1.18 bits per heavy atom. The zero-order valence-electron chi connectivity index (χ0n) is 49.1.